The molecule has 0 amide bonds. The van der Waals surface area contributed by atoms with E-state index in [0.29, 0.717) is 50.5 Å². The second kappa shape index (κ2) is 8.55. The van der Waals surface area contributed by atoms with Crippen LogP contribution in [0.25, 0.3) is 0 Å². The van der Waals surface area contributed by atoms with Crippen LogP contribution in [0.5, 0.6) is 11.5 Å². The van der Waals surface area contributed by atoms with Crippen molar-refractivity contribution in [1.29, 1.82) is 0 Å². The lowest BCUT2D eigenvalue weighted by molar-refractivity contribution is -0.123. The number of aryl methyl sites for hydroxylation is 1. The normalized spacial score (nSPS) is 19.7. The minimum absolute atomic E-state index is 0.135. The van der Waals surface area contributed by atoms with Crippen LogP contribution >= 0.6 is 0 Å². The molecule has 0 radical (unpaired) electrons. The fourth-order valence-electron chi connectivity index (χ4n) is 3.87. The lowest BCUT2D eigenvalue weighted by Crippen LogP contribution is -2.42. The number of carbonyl (C=O) groups excluding carboxylic acids is 1. The first kappa shape index (κ1) is 19.9. The molecule has 0 saturated carbocycles. The maximum absolute atomic E-state index is 13.1. The Morgan fingerprint density at radius 2 is 1.79 bits per heavy atom. The van der Waals surface area contributed by atoms with Gasteiger partial charge in [0.05, 0.1) is 4.90 Å². The molecule has 29 heavy (non-hydrogen) atoms. The van der Waals surface area contributed by atoms with Gasteiger partial charge in [0.25, 0.3) is 0 Å². The summed E-state index contributed by atoms with van der Waals surface area (Å²) in [6.45, 7) is 1.53. The maximum atomic E-state index is 13.1. The molecular formula is C22H25NO5S. The van der Waals surface area contributed by atoms with Crippen molar-refractivity contribution in [3.8, 4) is 11.5 Å². The first-order valence-electron chi connectivity index (χ1n) is 10.0. The van der Waals surface area contributed by atoms with Crippen LogP contribution in [0.15, 0.2) is 53.4 Å². The monoisotopic (exact) mass is 415 g/mol. The van der Waals surface area contributed by atoms with E-state index in [4.69, 9.17) is 9.47 Å². The maximum Gasteiger partial charge on any atom is 0.243 e. The van der Waals surface area contributed by atoms with E-state index >= 15 is 0 Å². The first-order chi connectivity index (χ1) is 14.0. The topological polar surface area (TPSA) is 72.9 Å². The fraction of sp³-hybridized carbons (Fsp3) is 0.409. The molecule has 0 aliphatic carbocycles. The molecule has 154 valence electrons. The molecule has 7 heteroatoms. The van der Waals surface area contributed by atoms with Gasteiger partial charge in [-0.25, -0.2) is 8.42 Å². The van der Waals surface area contributed by atoms with Gasteiger partial charge in [0.15, 0.2) is 11.5 Å². The van der Waals surface area contributed by atoms with Crippen molar-refractivity contribution in [1.82, 2.24) is 4.31 Å². The number of ketones is 1. The largest absolute Gasteiger partial charge is 0.486 e. The van der Waals surface area contributed by atoms with E-state index in [1.54, 1.807) is 12.1 Å². The molecule has 2 heterocycles. The van der Waals surface area contributed by atoms with Gasteiger partial charge >= 0.3 is 0 Å². The Morgan fingerprint density at radius 3 is 2.59 bits per heavy atom. The van der Waals surface area contributed by atoms with Crippen molar-refractivity contribution in [2.45, 2.75) is 30.6 Å². The molecule has 0 spiro atoms. The smallest absolute Gasteiger partial charge is 0.243 e. The zero-order valence-electron chi connectivity index (χ0n) is 16.2. The molecule has 0 bridgehead atoms. The van der Waals surface area contributed by atoms with Gasteiger partial charge in [-0.15, -0.1) is 0 Å². The number of nitrogens with zero attached hydrogens (tertiary/aromatic N) is 1. The summed E-state index contributed by atoms with van der Waals surface area (Å²) in [6, 6.07) is 14.6. The van der Waals surface area contributed by atoms with Crippen LogP contribution in [-0.2, 0) is 21.2 Å². The summed E-state index contributed by atoms with van der Waals surface area (Å²) < 4.78 is 38.7. The molecule has 1 saturated heterocycles. The second-order valence-electron chi connectivity index (χ2n) is 7.46. The number of hydrogen-bond acceptors (Lipinski definition) is 5. The molecule has 2 aromatic carbocycles. The van der Waals surface area contributed by atoms with Gasteiger partial charge in [0.2, 0.25) is 10.0 Å². The number of benzene rings is 2. The first-order valence-corrected chi connectivity index (χ1v) is 11.4. The van der Waals surface area contributed by atoms with Crippen molar-refractivity contribution in [3.63, 3.8) is 0 Å². The Balaban J connectivity index is 1.43. The van der Waals surface area contributed by atoms with Crippen LogP contribution in [0.3, 0.4) is 0 Å². The summed E-state index contributed by atoms with van der Waals surface area (Å²) in [7, 11) is -3.68. The molecule has 2 aliphatic rings. The SMILES string of the molecule is O=C(CCc1ccccc1)C1CCCN(S(=O)(=O)c2ccc3c(c2)OCCO3)C1. The molecule has 1 unspecified atom stereocenters. The van der Waals surface area contributed by atoms with Gasteiger partial charge < -0.3 is 9.47 Å². The number of Topliss-reactive ketones (excluding diaryl/α,β-unsaturated/α-hetero) is 1. The zero-order valence-corrected chi connectivity index (χ0v) is 17.1. The second-order valence-corrected chi connectivity index (χ2v) is 9.40. The average Bonchev–Trinajstić information content (AvgIpc) is 2.78. The minimum Gasteiger partial charge on any atom is -0.486 e. The molecular weight excluding hydrogens is 390 g/mol. The summed E-state index contributed by atoms with van der Waals surface area (Å²) in [6.07, 6.45) is 2.55. The van der Waals surface area contributed by atoms with Gasteiger partial charge in [0, 0.05) is 31.5 Å². The third-order valence-electron chi connectivity index (χ3n) is 5.49. The standard InChI is InChI=1S/C22H25NO5S/c24-20(10-8-17-5-2-1-3-6-17)18-7-4-12-23(16-18)29(25,26)19-9-11-21-22(15-19)28-14-13-27-21/h1-3,5-6,9,11,15,18H,4,7-8,10,12-14,16H2. The Morgan fingerprint density at radius 1 is 1.03 bits per heavy atom. The van der Waals surface area contributed by atoms with Crippen LogP contribution < -0.4 is 9.47 Å². The van der Waals surface area contributed by atoms with Crippen molar-refractivity contribution >= 4 is 15.8 Å². The number of carbonyl (C=O) groups is 1. The lowest BCUT2D eigenvalue weighted by atomic mass is 9.91. The van der Waals surface area contributed by atoms with E-state index in [0.717, 1.165) is 12.0 Å². The Hall–Kier alpha value is -2.38. The number of piperidine rings is 1. The van der Waals surface area contributed by atoms with E-state index in [-0.39, 0.29) is 23.1 Å². The highest BCUT2D eigenvalue weighted by atomic mass is 32.2. The molecule has 4 rings (SSSR count). The van der Waals surface area contributed by atoms with Crippen LogP contribution in [0.1, 0.15) is 24.8 Å². The summed E-state index contributed by atoms with van der Waals surface area (Å²) in [5, 5.41) is 0. The van der Waals surface area contributed by atoms with Crippen molar-refractivity contribution < 1.29 is 22.7 Å². The summed E-state index contributed by atoms with van der Waals surface area (Å²) in [4.78, 5) is 12.9. The molecule has 1 fully saturated rings. The zero-order chi connectivity index (χ0) is 20.3. The van der Waals surface area contributed by atoms with Crippen molar-refractivity contribution in [2.75, 3.05) is 26.3 Å². The number of fused-ring (bicyclic) bond motifs is 1. The number of rotatable bonds is 6. The van der Waals surface area contributed by atoms with Gasteiger partial charge in [0.1, 0.15) is 19.0 Å². The summed E-state index contributed by atoms with van der Waals surface area (Å²) in [5.41, 5.74) is 1.12. The molecule has 1 atom stereocenters. The summed E-state index contributed by atoms with van der Waals surface area (Å²) >= 11 is 0. The van der Waals surface area contributed by atoms with Crippen LogP contribution in [0.4, 0.5) is 0 Å². The van der Waals surface area contributed by atoms with E-state index in [1.807, 2.05) is 30.3 Å². The van der Waals surface area contributed by atoms with Crippen molar-refractivity contribution in [3.05, 3.63) is 54.1 Å². The van der Waals surface area contributed by atoms with E-state index in [2.05, 4.69) is 0 Å². The molecule has 2 aliphatic heterocycles. The molecule has 0 N–H and O–H groups in total. The highest BCUT2D eigenvalue weighted by Gasteiger charge is 2.33. The highest BCUT2D eigenvalue weighted by molar-refractivity contribution is 7.89. The molecule has 0 aromatic heterocycles. The molecule has 2 aromatic rings. The van der Waals surface area contributed by atoms with E-state index in [9.17, 15) is 13.2 Å². The van der Waals surface area contributed by atoms with E-state index in [1.165, 1.54) is 10.4 Å². The quantitative estimate of drug-likeness (QED) is 0.725. The number of hydrogen-bond donors (Lipinski definition) is 0. The number of sulfonamides is 1. The van der Waals surface area contributed by atoms with Crippen LogP contribution in [0.2, 0.25) is 0 Å². The third kappa shape index (κ3) is 4.46. The van der Waals surface area contributed by atoms with Crippen molar-refractivity contribution in [2.24, 2.45) is 5.92 Å². The average molecular weight is 416 g/mol. The van der Waals surface area contributed by atoms with Crippen LogP contribution in [0, 0.1) is 5.92 Å². The fourth-order valence-corrected chi connectivity index (χ4v) is 5.41. The predicted octanol–water partition coefficient (Wildman–Crippen LogP) is 3.06. The third-order valence-corrected chi connectivity index (χ3v) is 7.35. The lowest BCUT2D eigenvalue weighted by Gasteiger charge is -2.31. The van der Waals surface area contributed by atoms with Gasteiger partial charge in [-0.2, -0.15) is 4.31 Å². The highest BCUT2D eigenvalue weighted by Crippen LogP contribution is 2.34. The summed E-state index contributed by atoms with van der Waals surface area (Å²) in [5.74, 6) is 0.892. The minimum atomic E-state index is -3.68. The van der Waals surface area contributed by atoms with E-state index < -0.39 is 10.0 Å². The predicted molar refractivity (Wildman–Crippen MR) is 109 cm³/mol. The van der Waals surface area contributed by atoms with Gasteiger partial charge in [-0.05, 0) is 37.0 Å². The van der Waals surface area contributed by atoms with Gasteiger partial charge in [-0.1, -0.05) is 30.3 Å². The van der Waals surface area contributed by atoms with Crippen LogP contribution in [-0.4, -0.2) is 44.8 Å². The Kier molecular flexibility index (Phi) is 5.87. The van der Waals surface area contributed by atoms with Gasteiger partial charge in [-0.3, -0.25) is 4.79 Å². The Labute approximate surface area is 171 Å². The number of ether oxygens (including phenoxy) is 2. The Bertz CT molecular complexity index is 974. The molecule has 6 nitrogen and oxygen atoms in total.